The van der Waals surface area contributed by atoms with Gasteiger partial charge in [0.1, 0.15) is 5.71 Å². The maximum absolute atomic E-state index is 12.6. The zero-order chi connectivity index (χ0) is 15.6. The minimum absolute atomic E-state index is 0.00270. The van der Waals surface area contributed by atoms with Crippen molar-refractivity contribution in [2.45, 2.75) is 37.7 Å². The van der Waals surface area contributed by atoms with Crippen LogP contribution >= 0.6 is 0 Å². The molecule has 0 fully saturated rings. The Bertz CT molecular complexity index is 435. The van der Waals surface area contributed by atoms with Crippen molar-refractivity contribution in [3.05, 3.63) is 11.6 Å². The van der Waals surface area contributed by atoms with Gasteiger partial charge in [-0.3, -0.25) is 9.79 Å². The van der Waals surface area contributed by atoms with E-state index in [-0.39, 0.29) is 12.5 Å². The Kier molecular flexibility index (Phi) is 4.82. The van der Waals surface area contributed by atoms with Crippen LogP contribution < -0.4 is 0 Å². The number of aliphatic imine (C=N–C) groups is 1. The Balaban J connectivity index is 3.06. The van der Waals surface area contributed by atoms with E-state index in [1.54, 1.807) is 0 Å². The lowest BCUT2D eigenvalue weighted by atomic mass is 10.0. The van der Waals surface area contributed by atoms with E-state index in [1.807, 2.05) is 0 Å². The van der Waals surface area contributed by atoms with Gasteiger partial charge in [-0.15, -0.1) is 0 Å². The number of esters is 1. The quantitative estimate of drug-likeness (QED) is 0.580. The average Bonchev–Trinajstić information content (AvgIpc) is 2.50. The zero-order valence-corrected chi connectivity index (χ0v) is 10.3. The molecule has 3 nitrogen and oxygen atoms in total. The van der Waals surface area contributed by atoms with Crippen molar-refractivity contribution in [1.29, 1.82) is 0 Å². The molecule has 1 aliphatic rings. The van der Waals surface area contributed by atoms with Crippen LogP contribution in [0.5, 0.6) is 0 Å². The molecule has 0 aromatic heterocycles. The van der Waals surface area contributed by atoms with Gasteiger partial charge in [0.05, 0.1) is 19.6 Å². The molecule has 1 rings (SSSR count). The summed E-state index contributed by atoms with van der Waals surface area (Å²) in [4.78, 5) is 14.2. The van der Waals surface area contributed by atoms with Crippen LogP contribution in [0.15, 0.2) is 16.6 Å². The molecule has 0 aromatic carbocycles. The monoisotopic (exact) mass is 303 g/mol. The van der Waals surface area contributed by atoms with E-state index in [0.29, 0.717) is 0 Å². The largest absolute Gasteiger partial charge is 0.469 e. The predicted octanol–water partition coefficient (Wildman–Crippen LogP) is 3.20. The SMILES string of the molecule is COC(=O)CC1CCC(C(F)(F)F)=CC(C(F)(F)F)=N1. The fraction of sp³-hybridized carbons (Fsp3) is 0.636. The lowest BCUT2D eigenvalue weighted by Crippen LogP contribution is -2.24. The Morgan fingerprint density at radius 2 is 1.90 bits per heavy atom. The highest BCUT2D eigenvalue weighted by atomic mass is 19.4. The number of carbonyl (C=O) groups is 1. The van der Waals surface area contributed by atoms with Crippen molar-refractivity contribution < 1.29 is 35.9 Å². The molecule has 0 spiro atoms. The summed E-state index contributed by atoms with van der Waals surface area (Å²) in [6.07, 6.45) is -11.3. The average molecular weight is 303 g/mol. The van der Waals surface area contributed by atoms with Gasteiger partial charge in [0.15, 0.2) is 0 Å². The Morgan fingerprint density at radius 3 is 2.35 bits per heavy atom. The molecule has 0 aromatic rings. The summed E-state index contributed by atoms with van der Waals surface area (Å²) in [5.41, 5.74) is -2.93. The second kappa shape index (κ2) is 5.84. The van der Waals surface area contributed by atoms with Crippen molar-refractivity contribution in [3.8, 4) is 0 Å². The third-order valence-electron chi connectivity index (χ3n) is 2.66. The van der Waals surface area contributed by atoms with Gasteiger partial charge in [-0.05, 0) is 18.9 Å². The molecule has 9 heteroatoms. The fourth-order valence-electron chi connectivity index (χ4n) is 1.66. The van der Waals surface area contributed by atoms with Crippen LogP contribution in [-0.4, -0.2) is 37.2 Å². The lowest BCUT2D eigenvalue weighted by molar-refractivity contribution is -0.141. The van der Waals surface area contributed by atoms with Crippen LogP contribution in [0.3, 0.4) is 0 Å². The van der Waals surface area contributed by atoms with Crippen LogP contribution in [0.1, 0.15) is 19.3 Å². The molecule has 1 unspecified atom stereocenters. The highest BCUT2D eigenvalue weighted by molar-refractivity contribution is 6.00. The number of hydrogen-bond acceptors (Lipinski definition) is 3. The number of halogens is 6. The van der Waals surface area contributed by atoms with Crippen LogP contribution in [0.25, 0.3) is 0 Å². The van der Waals surface area contributed by atoms with Crippen molar-refractivity contribution in [1.82, 2.24) is 0 Å². The van der Waals surface area contributed by atoms with Crippen molar-refractivity contribution in [3.63, 3.8) is 0 Å². The van der Waals surface area contributed by atoms with Crippen LogP contribution in [0.4, 0.5) is 26.3 Å². The molecule has 114 valence electrons. The first-order chi connectivity index (χ1) is 9.04. The Morgan fingerprint density at radius 1 is 1.30 bits per heavy atom. The number of allylic oxidation sites excluding steroid dienone is 2. The van der Waals surface area contributed by atoms with E-state index in [1.165, 1.54) is 0 Å². The number of methoxy groups -OCH3 is 1. The summed E-state index contributed by atoms with van der Waals surface area (Å²) < 4.78 is 79.8. The first kappa shape index (κ1) is 16.5. The van der Waals surface area contributed by atoms with Gasteiger partial charge >= 0.3 is 18.3 Å². The van der Waals surface area contributed by atoms with Crippen molar-refractivity contribution in [2.24, 2.45) is 4.99 Å². The van der Waals surface area contributed by atoms with Crippen LogP contribution in [0, 0.1) is 0 Å². The van der Waals surface area contributed by atoms with Crippen LogP contribution in [-0.2, 0) is 9.53 Å². The molecule has 1 atom stereocenters. The fourth-order valence-corrected chi connectivity index (χ4v) is 1.66. The smallest absolute Gasteiger partial charge is 0.432 e. The van der Waals surface area contributed by atoms with E-state index >= 15 is 0 Å². The molecule has 0 aliphatic carbocycles. The van der Waals surface area contributed by atoms with Gasteiger partial charge in [0.25, 0.3) is 0 Å². The second-order valence-corrected chi connectivity index (χ2v) is 4.15. The molecule has 20 heavy (non-hydrogen) atoms. The van der Waals surface area contributed by atoms with Crippen molar-refractivity contribution >= 4 is 11.7 Å². The number of hydrogen-bond donors (Lipinski definition) is 0. The summed E-state index contributed by atoms with van der Waals surface area (Å²) in [7, 11) is 1.03. The van der Waals surface area contributed by atoms with Gasteiger partial charge in [0.2, 0.25) is 0 Å². The predicted molar refractivity (Wildman–Crippen MR) is 57.3 cm³/mol. The summed E-state index contributed by atoms with van der Waals surface area (Å²) >= 11 is 0. The van der Waals surface area contributed by atoms with Gasteiger partial charge < -0.3 is 4.74 Å². The minimum atomic E-state index is -5.00. The summed E-state index contributed by atoms with van der Waals surface area (Å²) in [6, 6.07) is -1.19. The maximum Gasteiger partial charge on any atom is 0.432 e. The number of carbonyl (C=O) groups excluding carboxylic acids is 1. The standard InChI is InChI=1S/C11H11F6NO2/c1-20-9(19)5-7-3-2-6(10(12,13)14)4-8(18-7)11(15,16)17/h4,7H,2-3,5H2,1H3. The van der Waals surface area contributed by atoms with Crippen molar-refractivity contribution in [2.75, 3.05) is 7.11 Å². The third kappa shape index (κ3) is 4.53. The Hall–Kier alpha value is -1.54. The molecule has 0 N–H and O–H groups in total. The number of ether oxygens (including phenoxy) is 1. The number of nitrogens with zero attached hydrogens (tertiary/aromatic N) is 1. The maximum atomic E-state index is 12.6. The van der Waals surface area contributed by atoms with E-state index in [0.717, 1.165) is 7.11 Å². The molecule has 0 saturated carbocycles. The molecule has 0 amide bonds. The number of alkyl halides is 6. The minimum Gasteiger partial charge on any atom is -0.469 e. The third-order valence-corrected chi connectivity index (χ3v) is 2.66. The van der Waals surface area contributed by atoms with E-state index in [2.05, 4.69) is 9.73 Å². The van der Waals surface area contributed by atoms with E-state index < -0.39 is 48.5 Å². The summed E-state index contributed by atoms with van der Waals surface area (Å²) in [5, 5.41) is 0. The summed E-state index contributed by atoms with van der Waals surface area (Å²) in [5.74, 6) is -0.823. The second-order valence-electron chi connectivity index (χ2n) is 4.15. The van der Waals surface area contributed by atoms with E-state index in [4.69, 9.17) is 0 Å². The van der Waals surface area contributed by atoms with Gasteiger partial charge in [0, 0.05) is 5.57 Å². The van der Waals surface area contributed by atoms with Gasteiger partial charge in [-0.2, -0.15) is 26.3 Å². The zero-order valence-electron chi connectivity index (χ0n) is 10.3. The topological polar surface area (TPSA) is 38.7 Å². The van der Waals surface area contributed by atoms with Gasteiger partial charge in [-0.25, -0.2) is 0 Å². The first-order valence-electron chi connectivity index (χ1n) is 5.53. The number of rotatable bonds is 2. The molecule has 0 saturated heterocycles. The van der Waals surface area contributed by atoms with Crippen LogP contribution in [0.2, 0.25) is 0 Å². The molecule has 1 aliphatic heterocycles. The highest BCUT2D eigenvalue weighted by Gasteiger charge is 2.41. The molecular formula is C11H11F6NO2. The molecule has 0 radical (unpaired) electrons. The highest BCUT2D eigenvalue weighted by Crippen LogP contribution is 2.34. The normalized spacial score (nSPS) is 20.9. The Labute approximate surface area is 110 Å². The first-order valence-corrected chi connectivity index (χ1v) is 5.53. The molecule has 1 heterocycles. The lowest BCUT2D eigenvalue weighted by Gasteiger charge is -2.12. The van der Waals surface area contributed by atoms with E-state index in [9.17, 15) is 31.1 Å². The molecule has 0 bridgehead atoms. The van der Waals surface area contributed by atoms with Gasteiger partial charge in [-0.1, -0.05) is 0 Å². The molecular weight excluding hydrogens is 292 g/mol. The summed E-state index contributed by atoms with van der Waals surface area (Å²) in [6.45, 7) is 0.